The highest BCUT2D eigenvalue weighted by molar-refractivity contribution is 9.10. The summed E-state index contributed by atoms with van der Waals surface area (Å²) in [6.45, 7) is 8.89. The van der Waals surface area contributed by atoms with Crippen LogP contribution in [0.5, 0.6) is 0 Å². The molecule has 5 nitrogen and oxygen atoms in total. The lowest BCUT2D eigenvalue weighted by Gasteiger charge is -2.43. The first-order chi connectivity index (χ1) is 15.5. The second kappa shape index (κ2) is 8.50. The molecule has 0 radical (unpaired) electrons. The molecule has 0 atom stereocenters. The van der Waals surface area contributed by atoms with E-state index in [0.717, 1.165) is 21.3 Å². The Bertz CT molecular complexity index is 1250. The van der Waals surface area contributed by atoms with E-state index >= 15 is 4.39 Å². The predicted molar refractivity (Wildman–Crippen MR) is 137 cm³/mol. The molecule has 2 heterocycles. The summed E-state index contributed by atoms with van der Waals surface area (Å²) in [6, 6.07) is 10.1. The Morgan fingerprint density at radius 2 is 1.85 bits per heavy atom. The topological polar surface area (TPSA) is 52.7 Å². The smallest absolute Gasteiger partial charge is 0.270 e. The SMILES string of the molecule is CCN1c2cc(F)c(/C=C3/C(=O)NC(=S)N(c4ccc(Br)cc4)C3=O)cc2C(C)=CC1(C)C. The van der Waals surface area contributed by atoms with Crippen molar-refractivity contribution in [1.82, 2.24) is 5.32 Å². The quantitative estimate of drug-likeness (QED) is 0.328. The number of hydrogen-bond donors (Lipinski definition) is 1. The molecule has 2 aliphatic rings. The lowest BCUT2D eigenvalue weighted by molar-refractivity contribution is -0.122. The van der Waals surface area contributed by atoms with Gasteiger partial charge in [0.25, 0.3) is 11.8 Å². The third-order valence-electron chi connectivity index (χ3n) is 5.90. The first-order valence-electron chi connectivity index (χ1n) is 10.5. The van der Waals surface area contributed by atoms with Crippen LogP contribution in [0.3, 0.4) is 0 Å². The summed E-state index contributed by atoms with van der Waals surface area (Å²) >= 11 is 8.59. The van der Waals surface area contributed by atoms with Gasteiger partial charge in [-0.25, -0.2) is 4.39 Å². The van der Waals surface area contributed by atoms with Crippen molar-refractivity contribution in [3.63, 3.8) is 0 Å². The van der Waals surface area contributed by atoms with Gasteiger partial charge >= 0.3 is 0 Å². The van der Waals surface area contributed by atoms with E-state index in [1.165, 1.54) is 17.0 Å². The molecule has 0 saturated carbocycles. The second-order valence-electron chi connectivity index (χ2n) is 8.55. The van der Waals surface area contributed by atoms with Crippen LogP contribution in [0, 0.1) is 5.82 Å². The van der Waals surface area contributed by atoms with Gasteiger partial charge in [-0.3, -0.25) is 19.8 Å². The van der Waals surface area contributed by atoms with Crippen molar-refractivity contribution in [2.45, 2.75) is 33.2 Å². The molecule has 2 aromatic rings. The molecule has 2 amide bonds. The van der Waals surface area contributed by atoms with Crippen LogP contribution in [0.2, 0.25) is 0 Å². The number of rotatable bonds is 3. The van der Waals surface area contributed by atoms with Gasteiger partial charge in [0.15, 0.2) is 5.11 Å². The van der Waals surface area contributed by atoms with Crippen LogP contribution in [0.4, 0.5) is 15.8 Å². The van der Waals surface area contributed by atoms with Crippen LogP contribution in [0.25, 0.3) is 11.6 Å². The van der Waals surface area contributed by atoms with Gasteiger partial charge in [0.1, 0.15) is 11.4 Å². The number of halogens is 2. The highest BCUT2D eigenvalue weighted by Crippen LogP contribution is 2.40. The number of thiocarbonyl (C=S) groups is 1. The number of amides is 2. The summed E-state index contributed by atoms with van der Waals surface area (Å²) in [7, 11) is 0. The largest absolute Gasteiger partial charge is 0.363 e. The minimum atomic E-state index is -0.654. The molecule has 0 bridgehead atoms. The molecule has 2 aliphatic heterocycles. The molecule has 0 unspecified atom stereocenters. The lowest BCUT2D eigenvalue weighted by Crippen LogP contribution is -2.54. The highest BCUT2D eigenvalue weighted by Gasteiger charge is 2.35. The van der Waals surface area contributed by atoms with E-state index in [0.29, 0.717) is 12.2 Å². The lowest BCUT2D eigenvalue weighted by atomic mass is 9.87. The molecule has 0 spiro atoms. The van der Waals surface area contributed by atoms with Crippen molar-refractivity contribution in [2.75, 3.05) is 16.3 Å². The zero-order valence-corrected chi connectivity index (χ0v) is 21.1. The Morgan fingerprint density at radius 3 is 2.48 bits per heavy atom. The maximum Gasteiger partial charge on any atom is 0.270 e. The third kappa shape index (κ3) is 4.13. The normalized spacial score (nSPS) is 18.9. The third-order valence-corrected chi connectivity index (χ3v) is 6.71. The fourth-order valence-corrected chi connectivity index (χ4v) is 4.99. The molecule has 4 rings (SSSR count). The van der Waals surface area contributed by atoms with E-state index < -0.39 is 17.6 Å². The highest BCUT2D eigenvalue weighted by atomic mass is 79.9. The van der Waals surface area contributed by atoms with Crippen molar-refractivity contribution >= 4 is 68.1 Å². The van der Waals surface area contributed by atoms with Crippen LogP contribution in [-0.4, -0.2) is 29.0 Å². The molecule has 8 heteroatoms. The molecule has 170 valence electrons. The first kappa shape index (κ1) is 23.3. The van der Waals surface area contributed by atoms with E-state index in [1.54, 1.807) is 30.3 Å². The summed E-state index contributed by atoms with van der Waals surface area (Å²) in [4.78, 5) is 29.2. The van der Waals surface area contributed by atoms with Crippen LogP contribution < -0.4 is 15.1 Å². The Labute approximate surface area is 206 Å². The van der Waals surface area contributed by atoms with Gasteiger partial charge in [0.2, 0.25) is 0 Å². The zero-order chi connectivity index (χ0) is 24.1. The molecule has 0 aliphatic carbocycles. The van der Waals surface area contributed by atoms with Crippen molar-refractivity contribution in [2.24, 2.45) is 0 Å². The molecule has 33 heavy (non-hydrogen) atoms. The first-order valence-corrected chi connectivity index (χ1v) is 11.7. The maximum absolute atomic E-state index is 15.2. The number of fused-ring (bicyclic) bond motifs is 1. The van der Waals surface area contributed by atoms with E-state index in [9.17, 15) is 9.59 Å². The van der Waals surface area contributed by atoms with Gasteiger partial charge < -0.3 is 4.90 Å². The summed E-state index contributed by atoms with van der Waals surface area (Å²) < 4.78 is 16.1. The van der Waals surface area contributed by atoms with E-state index in [4.69, 9.17) is 12.2 Å². The minimum Gasteiger partial charge on any atom is -0.363 e. The zero-order valence-electron chi connectivity index (χ0n) is 18.7. The predicted octanol–water partition coefficient (Wildman–Crippen LogP) is 5.44. The summed E-state index contributed by atoms with van der Waals surface area (Å²) in [5, 5.41) is 2.52. The van der Waals surface area contributed by atoms with Crippen molar-refractivity contribution in [1.29, 1.82) is 0 Å². The average Bonchev–Trinajstić information content (AvgIpc) is 2.72. The van der Waals surface area contributed by atoms with E-state index in [1.807, 2.05) is 13.8 Å². The van der Waals surface area contributed by atoms with Gasteiger partial charge in [-0.1, -0.05) is 22.0 Å². The van der Waals surface area contributed by atoms with Crippen LogP contribution in [-0.2, 0) is 9.59 Å². The second-order valence-corrected chi connectivity index (χ2v) is 9.85. The Morgan fingerprint density at radius 1 is 1.18 bits per heavy atom. The maximum atomic E-state index is 15.2. The molecule has 0 aromatic heterocycles. The van der Waals surface area contributed by atoms with Gasteiger partial charge in [-0.2, -0.15) is 0 Å². The van der Waals surface area contributed by atoms with E-state index in [2.05, 4.69) is 46.1 Å². The number of nitrogens with one attached hydrogen (secondary N) is 1. The number of allylic oxidation sites excluding steroid dienone is 1. The number of likely N-dealkylation sites (N-methyl/N-ethyl adjacent to an activating group) is 1. The summed E-state index contributed by atoms with van der Waals surface area (Å²) in [5.41, 5.74) is 2.90. The number of carbonyl (C=O) groups is 2. The Kier molecular flexibility index (Phi) is 6.01. The van der Waals surface area contributed by atoms with E-state index in [-0.39, 0.29) is 21.8 Å². The molecular weight excluding hydrogens is 505 g/mol. The standard InChI is InChI=1S/C25H23BrFN3O2S/c1-5-29-21-12-20(27)15(10-18(21)14(2)13-25(29,3)4)11-19-22(31)28-24(33)30(23(19)32)17-8-6-16(26)7-9-17/h6-13H,5H2,1-4H3,(H,28,31,33)/b19-11-. The molecular formula is C25H23BrFN3O2S. The van der Waals surface area contributed by atoms with Crippen molar-refractivity contribution in [3.05, 3.63) is 69.5 Å². The molecule has 1 saturated heterocycles. The van der Waals surface area contributed by atoms with Gasteiger partial charge in [-0.05, 0) is 88.0 Å². The monoisotopic (exact) mass is 527 g/mol. The molecule has 1 fully saturated rings. The number of nitrogens with zero attached hydrogens (tertiary/aromatic N) is 2. The van der Waals surface area contributed by atoms with Crippen LogP contribution >= 0.6 is 28.1 Å². The fourth-order valence-electron chi connectivity index (χ4n) is 4.44. The van der Waals surface area contributed by atoms with Crippen molar-refractivity contribution in [3.8, 4) is 0 Å². The number of carbonyl (C=O) groups excluding carboxylic acids is 2. The molecule has 1 N–H and O–H groups in total. The van der Waals surface area contributed by atoms with Crippen molar-refractivity contribution < 1.29 is 14.0 Å². The minimum absolute atomic E-state index is 0.0185. The van der Waals surface area contributed by atoms with Crippen LogP contribution in [0.15, 0.2) is 52.5 Å². The van der Waals surface area contributed by atoms with Crippen LogP contribution in [0.1, 0.15) is 38.8 Å². The number of anilines is 2. The Balaban J connectivity index is 1.79. The molecule has 2 aromatic carbocycles. The van der Waals surface area contributed by atoms with Gasteiger partial charge in [0.05, 0.1) is 11.2 Å². The number of hydrogen-bond acceptors (Lipinski definition) is 4. The summed E-state index contributed by atoms with van der Waals surface area (Å²) in [5.74, 6) is -1.76. The van der Waals surface area contributed by atoms with Gasteiger partial charge in [0, 0.05) is 27.8 Å². The summed E-state index contributed by atoms with van der Waals surface area (Å²) in [6.07, 6.45) is 3.43. The Hall–Kier alpha value is -2.84. The number of benzene rings is 2. The van der Waals surface area contributed by atoms with Gasteiger partial charge in [-0.15, -0.1) is 0 Å². The average molecular weight is 528 g/mol. The fraction of sp³-hybridized carbons (Fsp3) is 0.240.